The number of benzene rings is 2. The molecule has 0 spiro atoms. The lowest BCUT2D eigenvalue weighted by Gasteiger charge is -2.09. The summed E-state index contributed by atoms with van der Waals surface area (Å²) < 4.78 is 26.9. The van der Waals surface area contributed by atoms with Crippen molar-refractivity contribution in [1.29, 1.82) is 0 Å². The first-order chi connectivity index (χ1) is 9.92. The van der Waals surface area contributed by atoms with Crippen LogP contribution in [0.5, 0.6) is 0 Å². The number of nitrogens with one attached hydrogen (secondary N) is 1. The Morgan fingerprint density at radius 2 is 1.71 bits per heavy atom. The van der Waals surface area contributed by atoms with E-state index in [9.17, 15) is 8.42 Å². The lowest BCUT2D eigenvalue weighted by Crippen LogP contribution is -2.23. The van der Waals surface area contributed by atoms with Gasteiger partial charge >= 0.3 is 0 Å². The third-order valence-corrected chi connectivity index (χ3v) is 4.63. The molecule has 2 aromatic rings. The van der Waals surface area contributed by atoms with Crippen LogP contribution in [0.25, 0.3) is 0 Å². The second-order valence-corrected chi connectivity index (χ2v) is 6.58. The summed E-state index contributed by atoms with van der Waals surface area (Å²) in [5, 5.41) is 8.96. The summed E-state index contributed by atoms with van der Waals surface area (Å²) in [7, 11) is -3.59. The molecule has 112 valence electrons. The first-order valence-corrected chi connectivity index (χ1v) is 7.95. The van der Waals surface area contributed by atoms with Gasteiger partial charge in [-0.05, 0) is 35.7 Å². The number of sulfonamides is 1. The number of aliphatic hydroxyl groups excluding tert-OH is 1. The van der Waals surface area contributed by atoms with Crippen LogP contribution in [0.2, 0.25) is 0 Å². The fraction of sp³-hybridized carbons (Fsp3) is 0.200. The van der Waals surface area contributed by atoms with E-state index >= 15 is 0 Å². The third kappa shape index (κ3) is 3.81. The molecule has 0 bridgehead atoms. The number of rotatable bonds is 5. The summed E-state index contributed by atoms with van der Waals surface area (Å²) in [5.74, 6) is 0. The maximum absolute atomic E-state index is 12.2. The maximum Gasteiger partial charge on any atom is 0.240 e. The second-order valence-electron chi connectivity index (χ2n) is 4.82. The number of aliphatic hydroxyl groups is 1. The minimum atomic E-state index is -3.59. The van der Waals surface area contributed by atoms with Gasteiger partial charge in [0.05, 0.1) is 11.5 Å². The Hall–Kier alpha value is -1.89. The molecule has 0 radical (unpaired) electrons. The first-order valence-electron chi connectivity index (χ1n) is 6.47. The Kier molecular flexibility index (Phi) is 4.62. The van der Waals surface area contributed by atoms with Crippen LogP contribution >= 0.6 is 0 Å². The highest BCUT2D eigenvalue weighted by Gasteiger charge is 2.14. The molecule has 4 N–H and O–H groups in total. The number of nitrogens with two attached hydrogens (primary N) is 1. The summed E-state index contributed by atoms with van der Waals surface area (Å²) in [6.45, 7) is 1.97. The average molecular weight is 306 g/mol. The number of nitrogen functional groups attached to an aromatic ring is 1. The molecule has 0 aliphatic heterocycles. The molecule has 5 nitrogen and oxygen atoms in total. The number of hydrogen-bond acceptors (Lipinski definition) is 4. The van der Waals surface area contributed by atoms with E-state index in [1.54, 1.807) is 30.3 Å². The molecule has 0 aliphatic carbocycles. The lowest BCUT2D eigenvalue weighted by molar-refractivity contribution is 0.282. The van der Waals surface area contributed by atoms with Gasteiger partial charge in [-0.25, -0.2) is 13.1 Å². The highest BCUT2D eigenvalue weighted by Crippen LogP contribution is 2.17. The van der Waals surface area contributed by atoms with Crippen LogP contribution in [0, 0.1) is 6.92 Å². The van der Waals surface area contributed by atoms with Crippen molar-refractivity contribution in [2.24, 2.45) is 0 Å². The van der Waals surface area contributed by atoms with Gasteiger partial charge in [0, 0.05) is 12.2 Å². The van der Waals surface area contributed by atoms with Crippen molar-refractivity contribution in [2.45, 2.75) is 25.0 Å². The molecule has 0 saturated carbocycles. The largest absolute Gasteiger partial charge is 0.398 e. The quantitative estimate of drug-likeness (QED) is 0.731. The number of hydrogen-bond donors (Lipinski definition) is 3. The number of aryl methyl sites for hydroxylation is 1. The van der Waals surface area contributed by atoms with Gasteiger partial charge in [0.2, 0.25) is 10.0 Å². The van der Waals surface area contributed by atoms with Crippen molar-refractivity contribution in [2.75, 3.05) is 5.73 Å². The van der Waals surface area contributed by atoms with Crippen LogP contribution < -0.4 is 10.5 Å². The van der Waals surface area contributed by atoms with E-state index in [2.05, 4.69) is 4.72 Å². The second kappa shape index (κ2) is 6.26. The summed E-state index contributed by atoms with van der Waals surface area (Å²) in [6.07, 6.45) is 0. The van der Waals surface area contributed by atoms with Crippen molar-refractivity contribution in [3.8, 4) is 0 Å². The zero-order valence-electron chi connectivity index (χ0n) is 11.7. The molecule has 0 amide bonds. The van der Waals surface area contributed by atoms with Gasteiger partial charge in [0.1, 0.15) is 0 Å². The van der Waals surface area contributed by atoms with E-state index in [-0.39, 0.29) is 18.0 Å². The van der Waals surface area contributed by atoms with E-state index < -0.39 is 10.0 Å². The summed E-state index contributed by atoms with van der Waals surface area (Å²) in [6, 6.07) is 11.7. The molecule has 0 heterocycles. The predicted octanol–water partition coefficient (Wildman–Crippen LogP) is 1.55. The maximum atomic E-state index is 12.2. The fourth-order valence-corrected chi connectivity index (χ4v) is 2.86. The van der Waals surface area contributed by atoms with Crippen LogP contribution in [0.1, 0.15) is 16.7 Å². The summed E-state index contributed by atoms with van der Waals surface area (Å²) >= 11 is 0. The Labute approximate surface area is 124 Å². The first kappa shape index (κ1) is 15.5. The molecule has 0 saturated heterocycles. The Morgan fingerprint density at radius 3 is 2.29 bits per heavy atom. The van der Waals surface area contributed by atoms with Crippen molar-refractivity contribution in [3.05, 3.63) is 59.2 Å². The van der Waals surface area contributed by atoms with E-state index in [0.29, 0.717) is 5.69 Å². The van der Waals surface area contributed by atoms with Crippen LogP contribution in [0.15, 0.2) is 47.4 Å². The lowest BCUT2D eigenvalue weighted by atomic mass is 10.1. The molecule has 0 fully saturated rings. The van der Waals surface area contributed by atoms with E-state index in [1.807, 2.05) is 6.92 Å². The van der Waals surface area contributed by atoms with Gasteiger partial charge in [-0.1, -0.05) is 30.3 Å². The van der Waals surface area contributed by atoms with E-state index in [1.165, 1.54) is 12.1 Å². The molecule has 0 atom stereocenters. The fourth-order valence-electron chi connectivity index (χ4n) is 1.81. The van der Waals surface area contributed by atoms with Crippen LogP contribution in [0.4, 0.5) is 5.69 Å². The summed E-state index contributed by atoms with van der Waals surface area (Å²) in [5.41, 5.74) is 8.63. The minimum Gasteiger partial charge on any atom is -0.398 e. The summed E-state index contributed by atoms with van der Waals surface area (Å²) in [4.78, 5) is 0.151. The van der Waals surface area contributed by atoms with Gasteiger partial charge in [-0.2, -0.15) is 0 Å². The van der Waals surface area contributed by atoms with Gasteiger partial charge in [-0.3, -0.25) is 0 Å². The minimum absolute atomic E-state index is 0.0331. The molecule has 6 heteroatoms. The SMILES string of the molecule is Cc1ccc(S(=O)(=O)NCc2ccc(CO)cc2)cc1N. The van der Waals surface area contributed by atoms with Gasteiger partial charge in [0.15, 0.2) is 0 Å². The molecule has 0 aromatic heterocycles. The van der Waals surface area contributed by atoms with Crippen molar-refractivity contribution in [3.63, 3.8) is 0 Å². The average Bonchev–Trinajstić information content (AvgIpc) is 2.48. The molecule has 2 aromatic carbocycles. The Balaban J connectivity index is 2.11. The van der Waals surface area contributed by atoms with Gasteiger partial charge in [-0.15, -0.1) is 0 Å². The smallest absolute Gasteiger partial charge is 0.240 e. The Morgan fingerprint density at radius 1 is 1.10 bits per heavy atom. The van der Waals surface area contributed by atoms with Crippen LogP contribution in [-0.4, -0.2) is 13.5 Å². The van der Waals surface area contributed by atoms with Crippen molar-refractivity contribution < 1.29 is 13.5 Å². The standard InChI is InChI=1S/C15H18N2O3S/c1-11-2-7-14(8-15(11)16)21(19,20)17-9-12-3-5-13(10-18)6-4-12/h2-8,17-18H,9-10,16H2,1H3. The van der Waals surface area contributed by atoms with E-state index in [4.69, 9.17) is 10.8 Å². The molecule has 0 unspecified atom stereocenters. The Bertz CT molecular complexity index is 725. The third-order valence-electron chi connectivity index (χ3n) is 3.23. The zero-order chi connectivity index (χ0) is 15.5. The molecule has 0 aliphatic rings. The number of anilines is 1. The van der Waals surface area contributed by atoms with Gasteiger partial charge in [0.25, 0.3) is 0 Å². The van der Waals surface area contributed by atoms with Crippen molar-refractivity contribution >= 4 is 15.7 Å². The van der Waals surface area contributed by atoms with Crippen LogP contribution in [0.3, 0.4) is 0 Å². The normalized spacial score (nSPS) is 11.5. The molecule has 21 heavy (non-hydrogen) atoms. The molecular weight excluding hydrogens is 288 g/mol. The molecule has 2 rings (SSSR count). The highest BCUT2D eigenvalue weighted by molar-refractivity contribution is 7.89. The highest BCUT2D eigenvalue weighted by atomic mass is 32.2. The van der Waals surface area contributed by atoms with Crippen molar-refractivity contribution in [1.82, 2.24) is 4.72 Å². The monoisotopic (exact) mass is 306 g/mol. The zero-order valence-corrected chi connectivity index (χ0v) is 12.5. The molecular formula is C15H18N2O3S. The van der Waals surface area contributed by atoms with Crippen LogP contribution in [-0.2, 0) is 23.2 Å². The topological polar surface area (TPSA) is 92.4 Å². The predicted molar refractivity (Wildman–Crippen MR) is 82.0 cm³/mol. The van der Waals surface area contributed by atoms with E-state index in [0.717, 1.165) is 16.7 Å². The van der Waals surface area contributed by atoms with Gasteiger partial charge < -0.3 is 10.8 Å².